The normalized spacial score (nSPS) is 14.6. The number of piperazine rings is 1. The molecule has 0 amide bonds. The summed E-state index contributed by atoms with van der Waals surface area (Å²) < 4.78 is 5.04. The van der Waals surface area contributed by atoms with E-state index in [1.165, 1.54) is 11.3 Å². The van der Waals surface area contributed by atoms with Crippen LogP contribution < -0.4 is 15.1 Å². The van der Waals surface area contributed by atoms with E-state index < -0.39 is 0 Å². The van der Waals surface area contributed by atoms with Gasteiger partial charge in [-0.2, -0.15) is 10.1 Å². The van der Waals surface area contributed by atoms with Crippen molar-refractivity contribution < 1.29 is 4.74 Å². The highest BCUT2D eigenvalue weighted by Gasteiger charge is 2.19. The Hall–Kier alpha value is -2.41. The molecule has 1 fully saturated rings. The number of hydrogen-bond donors (Lipinski definition) is 1. The van der Waals surface area contributed by atoms with Gasteiger partial charge in [0.1, 0.15) is 0 Å². The van der Waals surface area contributed by atoms with Crippen LogP contribution in [0.5, 0.6) is 0 Å². The second-order valence-electron chi connectivity index (χ2n) is 6.22. The number of nitrogens with one attached hydrogen (secondary N) is 1. The Balaban J connectivity index is 1.55. The smallest absolute Gasteiger partial charge is 0.244 e. The third kappa shape index (κ3) is 4.79. The Morgan fingerprint density at radius 2 is 1.96 bits per heavy atom. The summed E-state index contributed by atoms with van der Waals surface area (Å²) in [7, 11) is 1.70. The highest BCUT2D eigenvalue weighted by Crippen LogP contribution is 2.20. The van der Waals surface area contributed by atoms with Crippen LogP contribution in [-0.2, 0) is 4.74 Å². The molecule has 0 bridgehead atoms. The summed E-state index contributed by atoms with van der Waals surface area (Å²) in [6.45, 7) is 7.44. The summed E-state index contributed by atoms with van der Waals surface area (Å²) in [5, 5.41) is 11.3. The minimum Gasteiger partial charge on any atom is -0.385 e. The van der Waals surface area contributed by atoms with Gasteiger partial charge < -0.3 is 19.9 Å². The largest absolute Gasteiger partial charge is 0.385 e. The zero-order valence-electron chi connectivity index (χ0n) is 15.0. The molecule has 0 radical (unpaired) electrons. The van der Waals surface area contributed by atoms with Crippen molar-refractivity contribution in [2.75, 3.05) is 61.6 Å². The lowest BCUT2D eigenvalue weighted by Crippen LogP contribution is -2.47. The van der Waals surface area contributed by atoms with Gasteiger partial charge in [-0.3, -0.25) is 0 Å². The van der Waals surface area contributed by atoms with Gasteiger partial charge in [0.25, 0.3) is 0 Å². The van der Waals surface area contributed by atoms with Crippen LogP contribution >= 0.6 is 0 Å². The van der Waals surface area contributed by atoms with E-state index in [9.17, 15) is 0 Å². The Bertz CT molecular complexity index is 672. The van der Waals surface area contributed by atoms with Gasteiger partial charge in [0.2, 0.25) is 5.95 Å². The van der Waals surface area contributed by atoms with Crippen LogP contribution in [0.3, 0.4) is 0 Å². The van der Waals surface area contributed by atoms with Gasteiger partial charge in [-0.25, -0.2) is 0 Å². The maximum Gasteiger partial charge on any atom is 0.244 e. The van der Waals surface area contributed by atoms with Crippen LogP contribution in [0, 0.1) is 6.92 Å². The predicted octanol–water partition coefficient (Wildman–Crippen LogP) is 1.96. The molecule has 134 valence electrons. The van der Waals surface area contributed by atoms with Crippen molar-refractivity contribution in [3.05, 3.63) is 36.0 Å². The van der Waals surface area contributed by atoms with Gasteiger partial charge >= 0.3 is 0 Å². The maximum absolute atomic E-state index is 5.04. The summed E-state index contributed by atoms with van der Waals surface area (Å²) in [6, 6.07) is 8.67. The first kappa shape index (κ1) is 17.4. The Morgan fingerprint density at radius 1 is 1.16 bits per heavy atom. The van der Waals surface area contributed by atoms with E-state index in [2.05, 4.69) is 61.5 Å². The third-order valence-corrected chi connectivity index (χ3v) is 4.32. The lowest BCUT2D eigenvalue weighted by atomic mass is 10.2. The molecule has 2 aromatic rings. The molecule has 0 atom stereocenters. The molecule has 0 unspecified atom stereocenters. The van der Waals surface area contributed by atoms with E-state index in [4.69, 9.17) is 4.74 Å². The molecule has 1 aromatic heterocycles. The fourth-order valence-corrected chi connectivity index (χ4v) is 2.96. The van der Waals surface area contributed by atoms with Crippen molar-refractivity contribution in [3.8, 4) is 0 Å². The number of rotatable bonds is 7. The summed E-state index contributed by atoms with van der Waals surface area (Å²) in [6.07, 6.45) is 2.65. The number of aromatic nitrogens is 3. The Labute approximate surface area is 149 Å². The summed E-state index contributed by atoms with van der Waals surface area (Å²) in [4.78, 5) is 9.27. The molecule has 1 aliphatic rings. The second-order valence-corrected chi connectivity index (χ2v) is 6.22. The van der Waals surface area contributed by atoms with Crippen molar-refractivity contribution in [2.45, 2.75) is 13.3 Å². The molecule has 1 aromatic carbocycles. The molecule has 7 nitrogen and oxygen atoms in total. The number of hydrogen-bond acceptors (Lipinski definition) is 7. The summed E-state index contributed by atoms with van der Waals surface area (Å²) >= 11 is 0. The standard InChI is InChI=1S/C18H26N6O/c1-15-5-3-6-16(13-15)23-8-10-24(11-9-23)17-14-20-22-18(21-17)19-7-4-12-25-2/h3,5-6,13-14H,4,7-12H2,1-2H3,(H,19,21,22). The molecule has 1 N–H and O–H groups in total. The molecular weight excluding hydrogens is 316 g/mol. The van der Waals surface area contributed by atoms with Crippen molar-refractivity contribution in [2.24, 2.45) is 0 Å². The fraction of sp³-hybridized carbons (Fsp3) is 0.500. The number of ether oxygens (including phenoxy) is 1. The maximum atomic E-state index is 5.04. The predicted molar refractivity (Wildman–Crippen MR) is 100 cm³/mol. The first-order valence-electron chi connectivity index (χ1n) is 8.75. The summed E-state index contributed by atoms with van der Waals surface area (Å²) in [5.74, 6) is 1.46. The first-order valence-corrected chi connectivity index (χ1v) is 8.75. The zero-order chi connectivity index (χ0) is 17.5. The van der Waals surface area contributed by atoms with E-state index in [-0.39, 0.29) is 0 Å². The van der Waals surface area contributed by atoms with Crippen LogP contribution in [0.15, 0.2) is 30.5 Å². The van der Waals surface area contributed by atoms with Crippen LogP contribution in [0.25, 0.3) is 0 Å². The number of anilines is 3. The lowest BCUT2D eigenvalue weighted by molar-refractivity contribution is 0.197. The zero-order valence-corrected chi connectivity index (χ0v) is 15.0. The van der Waals surface area contributed by atoms with E-state index >= 15 is 0 Å². The topological polar surface area (TPSA) is 66.4 Å². The number of nitrogens with zero attached hydrogens (tertiary/aromatic N) is 5. The minimum atomic E-state index is 0.578. The fourth-order valence-electron chi connectivity index (χ4n) is 2.96. The average molecular weight is 342 g/mol. The molecule has 0 aliphatic carbocycles. The quantitative estimate of drug-likeness (QED) is 0.772. The van der Waals surface area contributed by atoms with Crippen LogP contribution in [0.4, 0.5) is 17.5 Å². The average Bonchev–Trinajstić information content (AvgIpc) is 2.66. The van der Waals surface area contributed by atoms with Crippen LogP contribution in [0.2, 0.25) is 0 Å². The van der Waals surface area contributed by atoms with Gasteiger partial charge in [0, 0.05) is 52.1 Å². The molecular formula is C18H26N6O. The van der Waals surface area contributed by atoms with Crippen molar-refractivity contribution in [3.63, 3.8) is 0 Å². The van der Waals surface area contributed by atoms with Crippen molar-refractivity contribution in [1.29, 1.82) is 0 Å². The van der Waals surface area contributed by atoms with Crippen molar-refractivity contribution >= 4 is 17.5 Å². The van der Waals surface area contributed by atoms with Crippen LogP contribution in [-0.4, -0.2) is 61.6 Å². The highest BCUT2D eigenvalue weighted by molar-refractivity contribution is 5.51. The lowest BCUT2D eigenvalue weighted by Gasteiger charge is -2.36. The molecule has 0 saturated carbocycles. The third-order valence-electron chi connectivity index (χ3n) is 4.32. The summed E-state index contributed by atoms with van der Waals surface area (Å²) in [5.41, 5.74) is 2.59. The van der Waals surface area contributed by atoms with E-state index in [1.807, 2.05) is 0 Å². The number of benzene rings is 1. The van der Waals surface area contributed by atoms with Gasteiger partial charge in [-0.1, -0.05) is 12.1 Å². The van der Waals surface area contributed by atoms with Crippen LogP contribution in [0.1, 0.15) is 12.0 Å². The second kappa shape index (κ2) is 8.62. The SMILES string of the molecule is COCCCNc1nncc(N2CCN(c3cccc(C)c3)CC2)n1. The Morgan fingerprint density at radius 3 is 2.72 bits per heavy atom. The number of aryl methyl sites for hydroxylation is 1. The van der Waals surface area contributed by atoms with Gasteiger partial charge in [0.05, 0.1) is 6.20 Å². The molecule has 2 heterocycles. The van der Waals surface area contributed by atoms with E-state index in [0.29, 0.717) is 5.95 Å². The van der Waals surface area contributed by atoms with Gasteiger partial charge in [-0.15, -0.1) is 5.10 Å². The van der Waals surface area contributed by atoms with E-state index in [0.717, 1.165) is 51.6 Å². The van der Waals surface area contributed by atoms with Gasteiger partial charge in [-0.05, 0) is 31.0 Å². The monoisotopic (exact) mass is 342 g/mol. The molecule has 3 rings (SSSR count). The van der Waals surface area contributed by atoms with Gasteiger partial charge in [0.15, 0.2) is 5.82 Å². The highest BCUT2D eigenvalue weighted by atomic mass is 16.5. The molecule has 7 heteroatoms. The first-order chi connectivity index (χ1) is 12.3. The number of methoxy groups -OCH3 is 1. The molecule has 1 saturated heterocycles. The van der Waals surface area contributed by atoms with Crippen molar-refractivity contribution in [1.82, 2.24) is 15.2 Å². The molecule has 0 spiro atoms. The minimum absolute atomic E-state index is 0.578. The Kier molecular flexibility index (Phi) is 6.00. The van der Waals surface area contributed by atoms with E-state index in [1.54, 1.807) is 13.3 Å². The molecule has 1 aliphatic heterocycles. The molecule has 25 heavy (non-hydrogen) atoms.